The molecule has 1 aromatic heterocycles. The van der Waals surface area contributed by atoms with Crippen molar-refractivity contribution in [3.05, 3.63) is 29.6 Å². The highest BCUT2D eigenvalue weighted by molar-refractivity contribution is 5.92. The van der Waals surface area contributed by atoms with Crippen molar-refractivity contribution in [2.45, 2.75) is 40.7 Å². The summed E-state index contributed by atoms with van der Waals surface area (Å²) in [5.74, 6) is 0.107. The highest BCUT2D eigenvalue weighted by atomic mass is 16.4. The number of rotatable bonds is 3. The number of hydrogen-bond donors (Lipinski definition) is 1. The van der Waals surface area contributed by atoms with E-state index in [0.717, 1.165) is 29.8 Å². The average Bonchev–Trinajstić information content (AvgIpc) is 2.64. The van der Waals surface area contributed by atoms with Gasteiger partial charge in [0.1, 0.15) is 5.82 Å². The second-order valence-corrected chi connectivity index (χ2v) is 6.04. The van der Waals surface area contributed by atoms with Gasteiger partial charge in [-0.3, -0.25) is 0 Å². The van der Waals surface area contributed by atoms with Crippen LogP contribution < -0.4 is 0 Å². The Morgan fingerprint density at radius 2 is 2.05 bits per heavy atom. The minimum atomic E-state index is -0.900. The molecule has 4 nitrogen and oxygen atoms in total. The van der Waals surface area contributed by atoms with Crippen LogP contribution in [0.5, 0.6) is 0 Å². The van der Waals surface area contributed by atoms with Gasteiger partial charge in [-0.15, -0.1) is 0 Å². The third-order valence-corrected chi connectivity index (χ3v) is 3.02. The number of aromatic carboxylic acids is 1. The molecule has 0 aliphatic carbocycles. The maximum absolute atomic E-state index is 11.1. The standard InChI is InChI=1S/C15H20N2O2/c1-5-13-16-11-7-6-10(14(18)19)8-12(11)17(13)9-15(2,3)4/h6-8H,5,9H2,1-4H3,(H,18,19). The van der Waals surface area contributed by atoms with Crippen LogP contribution in [-0.2, 0) is 13.0 Å². The van der Waals surface area contributed by atoms with E-state index in [2.05, 4.69) is 37.2 Å². The molecule has 0 spiro atoms. The van der Waals surface area contributed by atoms with Crippen molar-refractivity contribution in [2.75, 3.05) is 0 Å². The van der Waals surface area contributed by atoms with Crippen LogP contribution in [0.25, 0.3) is 11.0 Å². The molecule has 2 aromatic rings. The first kappa shape index (κ1) is 13.6. The number of hydrogen-bond acceptors (Lipinski definition) is 2. The van der Waals surface area contributed by atoms with Gasteiger partial charge in [0.15, 0.2) is 0 Å². The summed E-state index contributed by atoms with van der Waals surface area (Å²) in [6, 6.07) is 5.12. The fourth-order valence-corrected chi connectivity index (χ4v) is 2.23. The van der Waals surface area contributed by atoms with Gasteiger partial charge in [-0.25, -0.2) is 9.78 Å². The predicted molar refractivity (Wildman–Crippen MR) is 75.5 cm³/mol. The number of aryl methyl sites for hydroxylation is 1. The largest absolute Gasteiger partial charge is 0.478 e. The molecule has 0 amide bonds. The zero-order chi connectivity index (χ0) is 14.2. The Bertz CT molecular complexity index is 621. The molecule has 0 saturated heterocycles. The number of carboxylic acids is 1. The highest BCUT2D eigenvalue weighted by Gasteiger charge is 2.17. The van der Waals surface area contributed by atoms with Crippen molar-refractivity contribution in [2.24, 2.45) is 5.41 Å². The van der Waals surface area contributed by atoms with Crippen LogP contribution in [0.15, 0.2) is 18.2 Å². The third-order valence-electron chi connectivity index (χ3n) is 3.02. The summed E-state index contributed by atoms with van der Waals surface area (Å²) in [7, 11) is 0. The molecule has 0 saturated carbocycles. The van der Waals surface area contributed by atoms with E-state index in [1.165, 1.54) is 0 Å². The number of imidazole rings is 1. The molecule has 19 heavy (non-hydrogen) atoms. The van der Waals surface area contributed by atoms with Crippen LogP contribution in [0.1, 0.15) is 43.9 Å². The van der Waals surface area contributed by atoms with Gasteiger partial charge in [0, 0.05) is 13.0 Å². The summed E-state index contributed by atoms with van der Waals surface area (Å²) in [6.07, 6.45) is 0.840. The Balaban J connectivity index is 2.63. The number of carboxylic acid groups (broad SMARTS) is 1. The molecule has 0 fully saturated rings. The van der Waals surface area contributed by atoms with Gasteiger partial charge < -0.3 is 9.67 Å². The molecular formula is C15H20N2O2. The number of fused-ring (bicyclic) bond motifs is 1. The third kappa shape index (κ3) is 2.78. The lowest BCUT2D eigenvalue weighted by Crippen LogP contribution is -2.17. The van der Waals surface area contributed by atoms with Gasteiger partial charge in [0.05, 0.1) is 16.6 Å². The zero-order valence-electron chi connectivity index (χ0n) is 11.9. The quantitative estimate of drug-likeness (QED) is 0.920. The molecule has 2 rings (SSSR count). The first-order chi connectivity index (χ1) is 8.81. The Morgan fingerprint density at radius 1 is 1.37 bits per heavy atom. The number of aromatic nitrogens is 2. The van der Waals surface area contributed by atoms with Gasteiger partial charge in [-0.2, -0.15) is 0 Å². The van der Waals surface area contributed by atoms with E-state index >= 15 is 0 Å². The van der Waals surface area contributed by atoms with E-state index in [1.54, 1.807) is 18.2 Å². The Kier molecular flexibility index (Phi) is 3.35. The molecule has 0 radical (unpaired) electrons. The molecule has 1 N–H and O–H groups in total. The van der Waals surface area contributed by atoms with Crippen molar-refractivity contribution in [3.8, 4) is 0 Å². The SMILES string of the molecule is CCc1nc2ccc(C(=O)O)cc2n1CC(C)(C)C. The molecule has 0 atom stereocenters. The molecule has 4 heteroatoms. The van der Waals surface area contributed by atoms with Gasteiger partial charge in [0.25, 0.3) is 0 Å². The minimum Gasteiger partial charge on any atom is -0.478 e. The van der Waals surface area contributed by atoms with E-state index in [0.29, 0.717) is 5.56 Å². The summed E-state index contributed by atoms with van der Waals surface area (Å²) in [5, 5.41) is 9.10. The van der Waals surface area contributed by atoms with Gasteiger partial charge in [-0.05, 0) is 23.6 Å². The lowest BCUT2D eigenvalue weighted by Gasteiger charge is -2.21. The molecule has 1 aromatic carbocycles. The van der Waals surface area contributed by atoms with Crippen molar-refractivity contribution < 1.29 is 9.90 Å². The molecule has 0 bridgehead atoms. The summed E-state index contributed by atoms with van der Waals surface area (Å²) in [5.41, 5.74) is 2.21. The number of nitrogens with zero attached hydrogens (tertiary/aromatic N) is 2. The Morgan fingerprint density at radius 3 is 2.58 bits per heavy atom. The predicted octanol–water partition coefficient (Wildman–Crippen LogP) is 3.34. The van der Waals surface area contributed by atoms with Gasteiger partial charge >= 0.3 is 5.97 Å². The number of carbonyl (C=O) groups is 1. The second kappa shape index (κ2) is 4.68. The maximum Gasteiger partial charge on any atom is 0.335 e. The summed E-state index contributed by atoms with van der Waals surface area (Å²) in [4.78, 5) is 15.7. The Hall–Kier alpha value is -1.84. The first-order valence-corrected chi connectivity index (χ1v) is 6.54. The van der Waals surface area contributed by atoms with Crippen LogP contribution >= 0.6 is 0 Å². The molecule has 0 aliphatic heterocycles. The normalized spacial score (nSPS) is 12.0. The topological polar surface area (TPSA) is 55.1 Å². The fraction of sp³-hybridized carbons (Fsp3) is 0.467. The maximum atomic E-state index is 11.1. The lowest BCUT2D eigenvalue weighted by atomic mass is 9.96. The zero-order valence-corrected chi connectivity index (χ0v) is 11.9. The van der Waals surface area contributed by atoms with Crippen molar-refractivity contribution in [1.82, 2.24) is 9.55 Å². The Labute approximate surface area is 113 Å². The van der Waals surface area contributed by atoms with Crippen molar-refractivity contribution in [1.29, 1.82) is 0 Å². The van der Waals surface area contributed by atoms with E-state index in [1.807, 2.05) is 0 Å². The second-order valence-electron chi connectivity index (χ2n) is 6.04. The van der Waals surface area contributed by atoms with Gasteiger partial charge in [-0.1, -0.05) is 27.7 Å². The molecule has 102 valence electrons. The van der Waals surface area contributed by atoms with Crippen LogP contribution in [0, 0.1) is 5.41 Å². The van der Waals surface area contributed by atoms with E-state index in [-0.39, 0.29) is 5.41 Å². The molecule has 0 unspecified atom stereocenters. The van der Waals surface area contributed by atoms with Crippen LogP contribution in [0.3, 0.4) is 0 Å². The smallest absolute Gasteiger partial charge is 0.335 e. The fourth-order valence-electron chi connectivity index (χ4n) is 2.23. The lowest BCUT2D eigenvalue weighted by molar-refractivity contribution is 0.0697. The molecule has 1 heterocycles. The van der Waals surface area contributed by atoms with Crippen LogP contribution in [0.4, 0.5) is 0 Å². The van der Waals surface area contributed by atoms with Gasteiger partial charge in [0.2, 0.25) is 0 Å². The monoisotopic (exact) mass is 260 g/mol. The summed E-state index contributed by atoms with van der Waals surface area (Å²) in [6.45, 7) is 9.40. The van der Waals surface area contributed by atoms with Crippen molar-refractivity contribution in [3.63, 3.8) is 0 Å². The van der Waals surface area contributed by atoms with Crippen LogP contribution in [0.2, 0.25) is 0 Å². The van der Waals surface area contributed by atoms with E-state index in [9.17, 15) is 4.79 Å². The summed E-state index contributed by atoms with van der Waals surface area (Å²) < 4.78 is 2.14. The highest BCUT2D eigenvalue weighted by Crippen LogP contribution is 2.24. The first-order valence-electron chi connectivity index (χ1n) is 6.54. The molecule has 0 aliphatic rings. The minimum absolute atomic E-state index is 0.122. The van der Waals surface area contributed by atoms with E-state index < -0.39 is 5.97 Å². The molecular weight excluding hydrogens is 240 g/mol. The van der Waals surface area contributed by atoms with E-state index in [4.69, 9.17) is 5.11 Å². The van der Waals surface area contributed by atoms with Crippen LogP contribution in [-0.4, -0.2) is 20.6 Å². The number of benzene rings is 1. The average molecular weight is 260 g/mol. The van der Waals surface area contributed by atoms with Crippen molar-refractivity contribution >= 4 is 17.0 Å². The summed E-state index contributed by atoms with van der Waals surface area (Å²) >= 11 is 0.